The summed E-state index contributed by atoms with van der Waals surface area (Å²) in [5.41, 5.74) is 0. The van der Waals surface area contributed by atoms with Gasteiger partial charge in [-0.2, -0.15) is 5.26 Å². The molecule has 0 amide bonds. The molecule has 0 bridgehead atoms. The van der Waals surface area contributed by atoms with Crippen LogP contribution < -0.4 is 0 Å². The van der Waals surface area contributed by atoms with Crippen LogP contribution in [-0.2, 0) is 0 Å². The Hall–Kier alpha value is -0.550. The number of nitriles is 1. The Morgan fingerprint density at radius 3 is 2.91 bits per heavy atom. The fraction of sp³-hybridized carbons (Fsp3) is 0.889. The van der Waals surface area contributed by atoms with Gasteiger partial charge >= 0.3 is 0 Å². The van der Waals surface area contributed by atoms with Crippen molar-refractivity contribution >= 4 is 0 Å². The summed E-state index contributed by atoms with van der Waals surface area (Å²) in [6.45, 7) is 4.28. The van der Waals surface area contributed by atoms with Crippen molar-refractivity contribution in [1.29, 1.82) is 5.26 Å². The summed E-state index contributed by atoms with van der Waals surface area (Å²) in [5, 5.41) is 8.83. The first kappa shape index (κ1) is 8.55. The van der Waals surface area contributed by atoms with Gasteiger partial charge in [-0.15, -0.1) is 0 Å². The Morgan fingerprint density at radius 1 is 1.45 bits per heavy atom. The van der Waals surface area contributed by atoms with Crippen LogP contribution in [0.3, 0.4) is 0 Å². The molecule has 0 spiro atoms. The molecule has 0 aromatic rings. The Morgan fingerprint density at radius 2 is 2.27 bits per heavy atom. The molecule has 1 unspecified atom stereocenters. The van der Waals surface area contributed by atoms with E-state index in [4.69, 9.17) is 5.26 Å². The molecule has 1 atom stereocenters. The zero-order valence-electron chi connectivity index (χ0n) is 7.21. The average molecular weight is 152 g/mol. The van der Waals surface area contributed by atoms with Gasteiger partial charge < -0.3 is 0 Å². The highest BCUT2D eigenvalue weighted by molar-refractivity contribution is 4.92. The lowest BCUT2D eigenvalue weighted by Gasteiger charge is -2.22. The molecule has 1 fully saturated rings. The van der Waals surface area contributed by atoms with Crippen molar-refractivity contribution in [2.24, 2.45) is 0 Å². The van der Waals surface area contributed by atoms with Gasteiger partial charge in [0.15, 0.2) is 0 Å². The molecular formula is C9H16N2. The summed E-state index contributed by atoms with van der Waals surface area (Å²) in [7, 11) is 0. The van der Waals surface area contributed by atoms with Crippen LogP contribution in [0.1, 0.15) is 32.6 Å². The summed E-state index contributed by atoms with van der Waals surface area (Å²) in [4.78, 5) is 2.28. The van der Waals surface area contributed by atoms with E-state index in [0.29, 0.717) is 0 Å². The quantitative estimate of drug-likeness (QED) is 0.572. The number of hydrogen-bond acceptors (Lipinski definition) is 2. The molecule has 1 rings (SSSR count). The van der Waals surface area contributed by atoms with Crippen molar-refractivity contribution in [3.63, 3.8) is 0 Å². The molecule has 0 aromatic heterocycles. The Kier molecular flexibility index (Phi) is 3.38. The number of likely N-dealkylation sites (tertiary alicyclic amines) is 1. The lowest BCUT2D eigenvalue weighted by atomic mass is 10.1. The lowest BCUT2D eigenvalue weighted by molar-refractivity contribution is 0.252. The fourth-order valence-corrected chi connectivity index (χ4v) is 1.69. The normalized spacial score (nSPS) is 27.5. The van der Waals surface area contributed by atoms with Crippen molar-refractivity contribution in [1.82, 2.24) is 4.90 Å². The van der Waals surface area contributed by atoms with Gasteiger partial charge in [-0.25, -0.2) is 0 Å². The monoisotopic (exact) mass is 152 g/mol. The molecule has 0 saturated carbocycles. The molecule has 0 radical (unpaired) electrons. The first-order valence-electron chi connectivity index (χ1n) is 4.52. The molecule has 0 N–H and O–H groups in total. The van der Waals surface area contributed by atoms with Crippen LogP contribution in [0.15, 0.2) is 0 Å². The number of hydrogen-bond donors (Lipinski definition) is 0. The molecule has 0 aromatic carbocycles. The van der Waals surface area contributed by atoms with Gasteiger partial charge in [0.2, 0.25) is 0 Å². The third-order valence-corrected chi connectivity index (χ3v) is 2.42. The van der Waals surface area contributed by atoms with Gasteiger partial charge in [-0.05, 0) is 25.9 Å². The van der Waals surface area contributed by atoms with Crippen molar-refractivity contribution < 1.29 is 0 Å². The maximum atomic E-state index is 8.83. The third-order valence-electron chi connectivity index (χ3n) is 2.42. The summed E-state index contributed by atoms with van der Waals surface area (Å²) >= 11 is 0. The summed E-state index contributed by atoms with van der Waals surface area (Å²) in [6, 6.07) is 2.57. The van der Waals surface area contributed by atoms with E-state index in [1.807, 2.05) is 0 Å². The van der Waals surface area contributed by atoms with Gasteiger partial charge in [0.1, 0.15) is 0 Å². The van der Waals surface area contributed by atoms with Crippen molar-refractivity contribution in [3.05, 3.63) is 0 Å². The average Bonchev–Trinajstić information content (AvgIpc) is 2.27. The maximum absolute atomic E-state index is 8.83. The highest BCUT2D eigenvalue weighted by Gasteiger charge is 2.17. The zero-order valence-corrected chi connectivity index (χ0v) is 7.21. The Labute approximate surface area is 68.8 Å². The summed E-state index contributed by atoms with van der Waals surface area (Å²) in [6.07, 6.45) is 4.87. The second kappa shape index (κ2) is 4.35. The Bertz CT molecular complexity index is 148. The second-order valence-electron chi connectivity index (χ2n) is 3.12. The molecule has 0 aliphatic carbocycles. The van der Waals surface area contributed by atoms with Gasteiger partial charge in [0.05, 0.1) is 12.1 Å². The summed E-state index contributed by atoms with van der Waals surface area (Å²) in [5.74, 6) is 0. The number of rotatable bonds is 1. The second-order valence-corrected chi connectivity index (χ2v) is 3.12. The third kappa shape index (κ3) is 2.20. The summed E-state index contributed by atoms with van der Waals surface area (Å²) < 4.78 is 0. The lowest BCUT2D eigenvalue weighted by Crippen LogP contribution is -2.33. The predicted octanol–water partition coefficient (Wildman–Crippen LogP) is 1.77. The molecule has 2 heteroatoms. The fourth-order valence-electron chi connectivity index (χ4n) is 1.69. The van der Waals surface area contributed by atoms with Gasteiger partial charge in [0.25, 0.3) is 0 Å². The van der Waals surface area contributed by atoms with Gasteiger partial charge in [-0.1, -0.05) is 19.8 Å². The van der Waals surface area contributed by atoms with E-state index in [1.165, 1.54) is 19.3 Å². The first-order chi connectivity index (χ1) is 5.38. The molecule has 1 saturated heterocycles. The Balaban J connectivity index is 2.49. The van der Waals surface area contributed by atoms with E-state index < -0.39 is 0 Å². The first-order valence-corrected chi connectivity index (χ1v) is 4.52. The van der Waals surface area contributed by atoms with E-state index in [9.17, 15) is 0 Å². The van der Waals surface area contributed by atoms with E-state index in [0.717, 1.165) is 19.5 Å². The molecule has 2 nitrogen and oxygen atoms in total. The van der Waals surface area contributed by atoms with Crippen LogP contribution in [0.5, 0.6) is 0 Å². The smallest absolute Gasteiger partial charge is 0.0977 e. The van der Waals surface area contributed by atoms with Gasteiger partial charge in [-0.3, -0.25) is 4.90 Å². The maximum Gasteiger partial charge on any atom is 0.0977 e. The highest BCUT2D eigenvalue weighted by atomic mass is 15.1. The zero-order chi connectivity index (χ0) is 8.10. The number of nitrogens with zero attached hydrogens (tertiary/aromatic N) is 2. The van der Waals surface area contributed by atoms with Crippen LogP contribution in [0.2, 0.25) is 0 Å². The molecule has 1 heterocycles. The molecule has 1 aliphatic rings. The highest BCUT2D eigenvalue weighted by Crippen LogP contribution is 2.15. The molecule has 11 heavy (non-hydrogen) atoms. The van der Waals surface area contributed by atoms with Crippen LogP contribution >= 0.6 is 0 Å². The van der Waals surface area contributed by atoms with E-state index in [2.05, 4.69) is 17.9 Å². The van der Waals surface area contributed by atoms with E-state index in [1.54, 1.807) is 0 Å². The molecular weight excluding hydrogens is 136 g/mol. The van der Waals surface area contributed by atoms with E-state index >= 15 is 0 Å². The van der Waals surface area contributed by atoms with Crippen molar-refractivity contribution in [2.45, 2.75) is 38.6 Å². The topological polar surface area (TPSA) is 27.0 Å². The molecule has 62 valence electrons. The standard InChI is InChI=1S/C9H16N2/c1-2-11-7-5-3-4-6-9(11)8-10/h9H,2-7H2,1H3. The van der Waals surface area contributed by atoms with Crippen LogP contribution in [-0.4, -0.2) is 24.0 Å². The minimum Gasteiger partial charge on any atom is -0.288 e. The van der Waals surface area contributed by atoms with Crippen molar-refractivity contribution in [2.75, 3.05) is 13.1 Å². The largest absolute Gasteiger partial charge is 0.288 e. The SMILES string of the molecule is CCN1CCCCCC1C#N. The van der Waals surface area contributed by atoms with Crippen LogP contribution in [0.4, 0.5) is 0 Å². The van der Waals surface area contributed by atoms with Crippen LogP contribution in [0.25, 0.3) is 0 Å². The minimum absolute atomic E-state index is 0.197. The van der Waals surface area contributed by atoms with E-state index in [-0.39, 0.29) is 6.04 Å². The minimum atomic E-state index is 0.197. The van der Waals surface area contributed by atoms with Gasteiger partial charge in [0, 0.05) is 0 Å². The van der Waals surface area contributed by atoms with Crippen molar-refractivity contribution in [3.8, 4) is 6.07 Å². The molecule has 1 aliphatic heterocycles. The predicted molar refractivity (Wildman–Crippen MR) is 45.1 cm³/mol. The van der Waals surface area contributed by atoms with Crippen LogP contribution in [0, 0.1) is 11.3 Å².